The summed E-state index contributed by atoms with van der Waals surface area (Å²) in [4.78, 5) is 25.4. The van der Waals surface area contributed by atoms with Gasteiger partial charge in [-0.15, -0.1) is 13.2 Å². The first-order valence-electron chi connectivity index (χ1n) is 11.8. The number of benzene rings is 1. The Morgan fingerprint density at radius 1 is 1.22 bits per heavy atom. The highest BCUT2D eigenvalue weighted by molar-refractivity contribution is 5.86. The van der Waals surface area contributed by atoms with Crippen molar-refractivity contribution in [1.29, 1.82) is 5.26 Å². The molecular weight excluding hydrogens is 492 g/mol. The third-order valence-corrected chi connectivity index (χ3v) is 6.83. The molecule has 3 atom stereocenters. The second kappa shape index (κ2) is 9.97. The average Bonchev–Trinajstić information content (AvgIpc) is 2.84. The van der Waals surface area contributed by atoms with Crippen LogP contribution in [-0.2, 0) is 7.05 Å². The number of aromatic nitrogens is 3. The lowest BCUT2D eigenvalue weighted by Crippen LogP contribution is -2.58. The number of hydrogen-bond acceptors (Lipinski definition) is 7. The largest absolute Gasteiger partial charge is 0.573 e. The molecule has 1 aliphatic heterocycles. The van der Waals surface area contributed by atoms with Crippen LogP contribution in [0.15, 0.2) is 35.1 Å². The third-order valence-electron chi connectivity index (χ3n) is 6.83. The Kier molecular flexibility index (Phi) is 7.10. The van der Waals surface area contributed by atoms with Crippen LogP contribution in [-0.4, -0.2) is 51.0 Å². The summed E-state index contributed by atoms with van der Waals surface area (Å²) >= 11 is 0. The SMILES string of the molecule is CC[C@@H]1CN(c2nc(=O)n(C)c3ccc(C#N)nc23)[C@@H](C)CN1C(C)c1ccc(OC(F)(F)F)cc1F. The number of nitriles is 1. The normalized spacial score (nSPS) is 19.6. The number of ether oxygens (including phenoxy) is 1. The van der Waals surface area contributed by atoms with Gasteiger partial charge in [0.2, 0.25) is 0 Å². The van der Waals surface area contributed by atoms with E-state index in [-0.39, 0.29) is 23.3 Å². The number of rotatable bonds is 5. The number of piperazine rings is 1. The molecular formula is C25H26F4N6O2. The van der Waals surface area contributed by atoms with Crippen LogP contribution in [0.1, 0.15) is 44.5 Å². The lowest BCUT2D eigenvalue weighted by molar-refractivity contribution is -0.274. The van der Waals surface area contributed by atoms with Crippen molar-refractivity contribution in [2.24, 2.45) is 7.05 Å². The zero-order valence-corrected chi connectivity index (χ0v) is 20.8. The molecule has 3 heterocycles. The number of pyridine rings is 1. The molecule has 1 aromatic carbocycles. The van der Waals surface area contributed by atoms with Crippen LogP contribution in [0.5, 0.6) is 5.75 Å². The summed E-state index contributed by atoms with van der Waals surface area (Å²) in [6, 6.07) is 7.70. The molecule has 1 unspecified atom stereocenters. The van der Waals surface area contributed by atoms with Crippen LogP contribution in [0.25, 0.3) is 11.0 Å². The predicted octanol–water partition coefficient (Wildman–Crippen LogP) is 4.29. The Morgan fingerprint density at radius 3 is 2.57 bits per heavy atom. The van der Waals surface area contributed by atoms with E-state index in [1.54, 1.807) is 26.1 Å². The van der Waals surface area contributed by atoms with Gasteiger partial charge >= 0.3 is 12.1 Å². The molecule has 0 amide bonds. The van der Waals surface area contributed by atoms with Gasteiger partial charge in [0.1, 0.15) is 28.8 Å². The van der Waals surface area contributed by atoms with Gasteiger partial charge in [-0.3, -0.25) is 9.47 Å². The van der Waals surface area contributed by atoms with E-state index < -0.39 is 29.7 Å². The van der Waals surface area contributed by atoms with Crippen molar-refractivity contribution >= 4 is 16.9 Å². The molecule has 196 valence electrons. The van der Waals surface area contributed by atoms with E-state index >= 15 is 0 Å². The summed E-state index contributed by atoms with van der Waals surface area (Å²) in [5.74, 6) is -1.01. The summed E-state index contributed by atoms with van der Waals surface area (Å²) in [5, 5.41) is 9.34. The second-order valence-electron chi connectivity index (χ2n) is 9.12. The van der Waals surface area contributed by atoms with E-state index in [2.05, 4.69) is 19.6 Å². The van der Waals surface area contributed by atoms with Crippen LogP contribution in [0, 0.1) is 17.1 Å². The van der Waals surface area contributed by atoms with Gasteiger partial charge in [-0.05, 0) is 38.5 Å². The number of aryl methyl sites for hydroxylation is 1. The standard InChI is InChI=1S/C25H26F4N6O2/c1-5-17-13-34(23-22-21(33(4)24(36)32-23)9-6-16(11-30)31-22)14(2)12-35(17)15(3)19-8-7-18(10-20(19)26)37-25(27,28)29/h6-10,14-15,17H,5,12-13H2,1-4H3/t14-,15?,17+/m0/s1. The van der Waals surface area contributed by atoms with E-state index in [1.807, 2.05) is 24.8 Å². The van der Waals surface area contributed by atoms with E-state index in [0.29, 0.717) is 36.4 Å². The summed E-state index contributed by atoms with van der Waals surface area (Å²) < 4.78 is 57.6. The molecule has 1 saturated heterocycles. The van der Waals surface area contributed by atoms with Crippen LogP contribution in [0.2, 0.25) is 0 Å². The fourth-order valence-corrected chi connectivity index (χ4v) is 4.89. The maximum Gasteiger partial charge on any atom is 0.573 e. The molecule has 8 nitrogen and oxygen atoms in total. The summed E-state index contributed by atoms with van der Waals surface area (Å²) in [7, 11) is 1.59. The maximum absolute atomic E-state index is 14.9. The molecule has 12 heteroatoms. The monoisotopic (exact) mass is 518 g/mol. The molecule has 0 saturated carbocycles. The van der Waals surface area contributed by atoms with Crippen molar-refractivity contribution in [2.75, 3.05) is 18.0 Å². The lowest BCUT2D eigenvalue weighted by atomic mass is 9.98. The molecule has 0 spiro atoms. The Balaban J connectivity index is 1.66. The van der Waals surface area contributed by atoms with E-state index in [9.17, 15) is 27.6 Å². The number of fused-ring (bicyclic) bond motifs is 1. The molecule has 0 aliphatic carbocycles. The lowest BCUT2D eigenvalue weighted by Gasteiger charge is -2.48. The fraction of sp³-hybridized carbons (Fsp3) is 0.440. The van der Waals surface area contributed by atoms with Gasteiger partial charge in [0, 0.05) is 49.9 Å². The zero-order valence-electron chi connectivity index (χ0n) is 20.8. The fourth-order valence-electron chi connectivity index (χ4n) is 4.89. The first kappa shape index (κ1) is 26.3. The number of halogens is 4. The smallest absolute Gasteiger partial charge is 0.406 e. The summed E-state index contributed by atoms with van der Waals surface area (Å²) in [6.45, 7) is 6.65. The predicted molar refractivity (Wildman–Crippen MR) is 129 cm³/mol. The zero-order chi connectivity index (χ0) is 27.1. The number of alkyl halides is 3. The molecule has 0 bridgehead atoms. The van der Waals surface area contributed by atoms with Gasteiger partial charge in [-0.1, -0.05) is 13.0 Å². The quantitative estimate of drug-likeness (QED) is 0.466. The molecule has 3 aromatic rings. The molecule has 37 heavy (non-hydrogen) atoms. The van der Waals surface area contributed by atoms with Gasteiger partial charge < -0.3 is 9.64 Å². The molecule has 0 N–H and O–H groups in total. The summed E-state index contributed by atoms with van der Waals surface area (Å²) in [5.41, 5.74) is 0.998. The van der Waals surface area contributed by atoms with Gasteiger partial charge in [0.25, 0.3) is 0 Å². The van der Waals surface area contributed by atoms with Gasteiger partial charge in [-0.25, -0.2) is 14.2 Å². The van der Waals surface area contributed by atoms with Crippen LogP contribution in [0.4, 0.5) is 23.4 Å². The van der Waals surface area contributed by atoms with Crippen LogP contribution in [0.3, 0.4) is 0 Å². The van der Waals surface area contributed by atoms with E-state index in [0.717, 1.165) is 12.1 Å². The van der Waals surface area contributed by atoms with Gasteiger partial charge in [-0.2, -0.15) is 10.2 Å². The van der Waals surface area contributed by atoms with Gasteiger partial charge in [0.15, 0.2) is 5.82 Å². The highest BCUT2D eigenvalue weighted by Gasteiger charge is 2.37. The molecule has 2 aromatic heterocycles. The minimum absolute atomic E-state index is 0.0863. The third kappa shape index (κ3) is 5.22. The Morgan fingerprint density at radius 2 is 1.95 bits per heavy atom. The number of hydrogen-bond donors (Lipinski definition) is 0. The van der Waals surface area contributed by atoms with Crippen molar-refractivity contribution < 1.29 is 22.3 Å². The molecule has 4 rings (SSSR count). The van der Waals surface area contributed by atoms with Crippen molar-refractivity contribution in [3.05, 3.63) is 57.9 Å². The maximum atomic E-state index is 14.9. The van der Waals surface area contributed by atoms with Crippen molar-refractivity contribution in [1.82, 2.24) is 19.4 Å². The van der Waals surface area contributed by atoms with Crippen molar-refractivity contribution in [3.8, 4) is 11.8 Å². The van der Waals surface area contributed by atoms with Crippen molar-refractivity contribution in [3.63, 3.8) is 0 Å². The van der Waals surface area contributed by atoms with Gasteiger partial charge in [0.05, 0.1) is 5.52 Å². The molecule has 1 aliphatic rings. The molecule has 1 fully saturated rings. The number of anilines is 1. The highest BCUT2D eigenvalue weighted by Crippen LogP contribution is 2.34. The molecule has 0 radical (unpaired) electrons. The minimum Gasteiger partial charge on any atom is -0.406 e. The minimum atomic E-state index is -4.90. The highest BCUT2D eigenvalue weighted by atomic mass is 19.4. The second-order valence-corrected chi connectivity index (χ2v) is 9.12. The first-order chi connectivity index (χ1) is 17.4. The number of nitrogens with zero attached hydrogens (tertiary/aromatic N) is 6. The Labute approximate surface area is 210 Å². The van der Waals surface area contributed by atoms with E-state index in [4.69, 9.17) is 0 Å². The topological polar surface area (TPSA) is 87.3 Å². The summed E-state index contributed by atoms with van der Waals surface area (Å²) in [6.07, 6.45) is -4.22. The van der Waals surface area contributed by atoms with Crippen LogP contribution >= 0.6 is 0 Å². The first-order valence-corrected chi connectivity index (χ1v) is 11.8. The van der Waals surface area contributed by atoms with Crippen molar-refractivity contribution in [2.45, 2.75) is 51.7 Å². The Hall–Kier alpha value is -3.72. The van der Waals surface area contributed by atoms with Crippen LogP contribution < -0.4 is 15.3 Å². The average molecular weight is 519 g/mol. The Bertz CT molecular complexity index is 1420. The van der Waals surface area contributed by atoms with E-state index in [1.165, 1.54) is 10.6 Å².